The van der Waals surface area contributed by atoms with Gasteiger partial charge in [-0.25, -0.2) is 0 Å². The van der Waals surface area contributed by atoms with Gasteiger partial charge in [0, 0.05) is 31.4 Å². The van der Waals surface area contributed by atoms with Crippen LogP contribution in [0.4, 0.5) is 0 Å². The van der Waals surface area contributed by atoms with Gasteiger partial charge in [-0.1, -0.05) is 19.8 Å². The first-order valence-electron chi connectivity index (χ1n) is 10.3. The minimum atomic E-state index is -0.0339. The molecule has 2 aromatic rings. The number of rotatable bonds is 11. The molecule has 3 rings (SSSR count). The lowest BCUT2D eigenvalue weighted by Crippen LogP contribution is -2.43. The third-order valence-electron chi connectivity index (χ3n) is 5.29. The minimum absolute atomic E-state index is 0.0339. The SMILES string of the molecule is CCCCCC(=O)N(CC(=O)N(Cc1ccco1)Cc1cccn1C)C1CC1. The zero-order chi connectivity index (χ0) is 19.9. The molecule has 0 spiro atoms. The number of aryl methyl sites for hydroxylation is 1. The van der Waals surface area contributed by atoms with E-state index in [1.807, 2.05) is 42.1 Å². The highest BCUT2D eigenvalue weighted by atomic mass is 16.3. The molecule has 0 saturated heterocycles. The summed E-state index contributed by atoms with van der Waals surface area (Å²) in [7, 11) is 1.97. The quantitative estimate of drug-likeness (QED) is 0.554. The Morgan fingerprint density at radius 3 is 2.57 bits per heavy atom. The van der Waals surface area contributed by atoms with E-state index in [1.165, 1.54) is 0 Å². The zero-order valence-corrected chi connectivity index (χ0v) is 17.0. The molecule has 2 amide bonds. The fourth-order valence-electron chi connectivity index (χ4n) is 3.40. The Labute approximate surface area is 167 Å². The molecule has 1 fully saturated rings. The molecule has 6 heteroatoms. The van der Waals surface area contributed by atoms with Crippen molar-refractivity contribution < 1.29 is 14.0 Å². The maximum absolute atomic E-state index is 13.2. The van der Waals surface area contributed by atoms with Gasteiger partial charge in [0.1, 0.15) is 12.3 Å². The van der Waals surface area contributed by atoms with Crippen LogP contribution in [0.5, 0.6) is 0 Å². The molecule has 152 valence electrons. The van der Waals surface area contributed by atoms with E-state index >= 15 is 0 Å². The number of carbonyl (C=O) groups is 2. The van der Waals surface area contributed by atoms with Crippen LogP contribution in [-0.4, -0.2) is 38.8 Å². The summed E-state index contributed by atoms with van der Waals surface area (Å²) in [6.07, 6.45) is 9.16. The second-order valence-corrected chi connectivity index (χ2v) is 7.65. The number of amides is 2. The Hall–Kier alpha value is -2.50. The van der Waals surface area contributed by atoms with Crippen molar-refractivity contribution in [2.75, 3.05) is 6.54 Å². The predicted octanol–water partition coefficient (Wildman–Crippen LogP) is 3.72. The Bertz CT molecular complexity index is 762. The summed E-state index contributed by atoms with van der Waals surface area (Å²) < 4.78 is 7.47. The molecule has 0 unspecified atom stereocenters. The van der Waals surface area contributed by atoms with Crippen molar-refractivity contribution in [1.29, 1.82) is 0 Å². The van der Waals surface area contributed by atoms with Crippen LogP contribution in [0.2, 0.25) is 0 Å². The van der Waals surface area contributed by atoms with Gasteiger partial charge in [0.25, 0.3) is 0 Å². The van der Waals surface area contributed by atoms with Gasteiger partial charge in [-0.3, -0.25) is 9.59 Å². The zero-order valence-electron chi connectivity index (χ0n) is 17.0. The fourth-order valence-corrected chi connectivity index (χ4v) is 3.40. The lowest BCUT2D eigenvalue weighted by molar-refractivity contribution is -0.142. The number of carbonyl (C=O) groups excluding carboxylic acids is 2. The summed E-state index contributed by atoms with van der Waals surface area (Å²) in [5.41, 5.74) is 1.05. The van der Waals surface area contributed by atoms with E-state index in [4.69, 9.17) is 4.42 Å². The minimum Gasteiger partial charge on any atom is -0.467 e. The molecule has 1 saturated carbocycles. The van der Waals surface area contributed by atoms with E-state index in [-0.39, 0.29) is 24.4 Å². The predicted molar refractivity (Wildman–Crippen MR) is 107 cm³/mol. The largest absolute Gasteiger partial charge is 0.467 e. The lowest BCUT2D eigenvalue weighted by atomic mass is 10.2. The standard InChI is InChI=1S/C22H31N3O3/c1-3-4-5-10-21(26)25(18-11-12-18)17-22(27)24(16-20-9-7-14-28-20)15-19-8-6-13-23(19)2/h6-9,13-14,18H,3-5,10-12,15-17H2,1-2H3. The van der Waals surface area contributed by atoms with Gasteiger partial charge >= 0.3 is 0 Å². The number of furan rings is 1. The molecule has 6 nitrogen and oxygen atoms in total. The van der Waals surface area contributed by atoms with Crippen molar-refractivity contribution >= 4 is 11.8 Å². The molecule has 0 bridgehead atoms. The van der Waals surface area contributed by atoms with Crippen LogP contribution in [0.25, 0.3) is 0 Å². The van der Waals surface area contributed by atoms with Gasteiger partial charge in [0.15, 0.2) is 0 Å². The van der Waals surface area contributed by atoms with Crippen molar-refractivity contribution in [3.8, 4) is 0 Å². The maximum atomic E-state index is 13.2. The van der Waals surface area contributed by atoms with Crippen LogP contribution >= 0.6 is 0 Å². The fraction of sp³-hybridized carbons (Fsp3) is 0.545. The van der Waals surface area contributed by atoms with Crippen LogP contribution in [0, 0.1) is 0 Å². The summed E-state index contributed by atoms with van der Waals surface area (Å²) in [6, 6.07) is 7.92. The monoisotopic (exact) mass is 385 g/mol. The topological polar surface area (TPSA) is 58.7 Å². The summed E-state index contributed by atoms with van der Waals surface area (Å²) in [5.74, 6) is 0.823. The maximum Gasteiger partial charge on any atom is 0.242 e. The molecule has 0 N–H and O–H groups in total. The highest BCUT2D eigenvalue weighted by molar-refractivity contribution is 5.85. The Morgan fingerprint density at radius 1 is 1.14 bits per heavy atom. The Kier molecular flexibility index (Phi) is 6.95. The van der Waals surface area contributed by atoms with Crippen LogP contribution < -0.4 is 0 Å². The van der Waals surface area contributed by atoms with Crippen molar-refractivity contribution in [2.45, 2.75) is 64.6 Å². The highest BCUT2D eigenvalue weighted by Crippen LogP contribution is 2.28. The summed E-state index contributed by atoms with van der Waals surface area (Å²) in [5, 5.41) is 0. The highest BCUT2D eigenvalue weighted by Gasteiger charge is 2.34. The van der Waals surface area contributed by atoms with Crippen molar-refractivity contribution in [1.82, 2.24) is 14.4 Å². The normalized spacial score (nSPS) is 13.5. The molecular weight excluding hydrogens is 354 g/mol. The van der Waals surface area contributed by atoms with Crippen molar-refractivity contribution in [3.63, 3.8) is 0 Å². The van der Waals surface area contributed by atoms with Gasteiger partial charge in [-0.05, 0) is 43.5 Å². The second kappa shape index (κ2) is 9.62. The number of hydrogen-bond acceptors (Lipinski definition) is 3. The molecule has 0 aliphatic heterocycles. The van der Waals surface area contributed by atoms with Crippen LogP contribution in [-0.2, 0) is 29.7 Å². The molecule has 2 heterocycles. The third-order valence-corrected chi connectivity index (χ3v) is 5.29. The van der Waals surface area contributed by atoms with Gasteiger partial charge < -0.3 is 18.8 Å². The van der Waals surface area contributed by atoms with Crippen LogP contribution in [0.3, 0.4) is 0 Å². The van der Waals surface area contributed by atoms with Gasteiger partial charge in [0.2, 0.25) is 11.8 Å². The molecule has 0 aromatic carbocycles. The molecule has 0 atom stereocenters. The molecule has 2 aromatic heterocycles. The average Bonchev–Trinajstić information content (AvgIpc) is 3.24. The average molecular weight is 386 g/mol. The summed E-state index contributed by atoms with van der Waals surface area (Å²) in [4.78, 5) is 29.4. The number of aromatic nitrogens is 1. The first-order chi connectivity index (χ1) is 13.6. The van der Waals surface area contributed by atoms with E-state index in [0.717, 1.165) is 43.6 Å². The lowest BCUT2D eigenvalue weighted by Gasteiger charge is -2.27. The molecule has 28 heavy (non-hydrogen) atoms. The van der Waals surface area contributed by atoms with E-state index < -0.39 is 0 Å². The number of nitrogens with zero attached hydrogens (tertiary/aromatic N) is 3. The van der Waals surface area contributed by atoms with E-state index in [1.54, 1.807) is 16.1 Å². The van der Waals surface area contributed by atoms with Gasteiger partial charge in [0.05, 0.1) is 19.4 Å². The van der Waals surface area contributed by atoms with Crippen molar-refractivity contribution in [3.05, 3.63) is 48.2 Å². The van der Waals surface area contributed by atoms with E-state index in [2.05, 4.69) is 6.92 Å². The molecule has 0 radical (unpaired) electrons. The van der Waals surface area contributed by atoms with Gasteiger partial charge in [-0.15, -0.1) is 0 Å². The van der Waals surface area contributed by atoms with E-state index in [0.29, 0.717) is 19.5 Å². The number of hydrogen-bond donors (Lipinski definition) is 0. The van der Waals surface area contributed by atoms with Crippen LogP contribution in [0.1, 0.15) is 56.9 Å². The third kappa shape index (κ3) is 5.50. The number of unbranched alkanes of at least 4 members (excludes halogenated alkanes) is 2. The Balaban J connectivity index is 1.68. The molecule has 1 aliphatic rings. The first kappa shape index (κ1) is 20.2. The van der Waals surface area contributed by atoms with E-state index in [9.17, 15) is 9.59 Å². The Morgan fingerprint density at radius 2 is 1.96 bits per heavy atom. The second-order valence-electron chi connectivity index (χ2n) is 7.65. The summed E-state index contributed by atoms with van der Waals surface area (Å²) >= 11 is 0. The first-order valence-corrected chi connectivity index (χ1v) is 10.3. The van der Waals surface area contributed by atoms with Gasteiger partial charge in [-0.2, -0.15) is 0 Å². The van der Waals surface area contributed by atoms with Crippen LogP contribution in [0.15, 0.2) is 41.1 Å². The smallest absolute Gasteiger partial charge is 0.242 e. The van der Waals surface area contributed by atoms with Crippen molar-refractivity contribution in [2.24, 2.45) is 7.05 Å². The molecule has 1 aliphatic carbocycles. The molecular formula is C22H31N3O3. The summed E-state index contributed by atoms with van der Waals surface area (Å²) in [6.45, 7) is 3.18.